The molecule has 0 saturated heterocycles. The van der Waals surface area contributed by atoms with E-state index in [1.165, 1.54) is 12.1 Å². The third kappa shape index (κ3) is 3.36. The molecule has 0 spiro atoms. The van der Waals surface area contributed by atoms with Gasteiger partial charge in [0, 0.05) is 18.2 Å². The molecule has 0 saturated carbocycles. The maximum Gasteiger partial charge on any atom is 0.123 e. The van der Waals surface area contributed by atoms with Crippen molar-refractivity contribution in [1.82, 2.24) is 4.90 Å². The Balaban J connectivity index is 2.11. The quantitative estimate of drug-likeness (QED) is 0.815. The average Bonchev–Trinajstić information content (AvgIpc) is 2.48. The van der Waals surface area contributed by atoms with Crippen molar-refractivity contribution in [3.05, 3.63) is 65.5 Å². The molecule has 0 bridgehead atoms. The van der Waals surface area contributed by atoms with Crippen LogP contribution in [0.3, 0.4) is 0 Å². The van der Waals surface area contributed by atoms with Crippen LogP contribution in [0.4, 0.5) is 4.39 Å². The zero-order chi connectivity index (χ0) is 14.5. The van der Waals surface area contributed by atoms with Gasteiger partial charge in [0.25, 0.3) is 0 Å². The molecule has 0 aliphatic heterocycles. The summed E-state index contributed by atoms with van der Waals surface area (Å²) in [7, 11) is 3.74. The number of benzene rings is 2. The fraction of sp³-hybridized carbons (Fsp3) is 0.294. The summed E-state index contributed by atoms with van der Waals surface area (Å²) in [5, 5.41) is 0. The molecular formula is C17H20FNO. The standard InChI is InChI=1S/C17H20FNO/c1-13(14-8-10-16(18)11-9-14)19(2)12-15-6-4-5-7-17(15)20-3/h4-11,13H,12H2,1-3H3. The molecule has 0 aromatic heterocycles. The van der Waals surface area contributed by atoms with Crippen LogP contribution in [0.15, 0.2) is 48.5 Å². The van der Waals surface area contributed by atoms with Crippen LogP contribution in [0.2, 0.25) is 0 Å². The Hall–Kier alpha value is -1.87. The van der Waals surface area contributed by atoms with Gasteiger partial charge in [-0.3, -0.25) is 4.90 Å². The van der Waals surface area contributed by atoms with Gasteiger partial charge in [-0.1, -0.05) is 30.3 Å². The summed E-state index contributed by atoms with van der Waals surface area (Å²) in [6, 6.07) is 14.9. The summed E-state index contributed by atoms with van der Waals surface area (Å²) in [6.45, 7) is 2.89. The molecule has 2 aromatic rings. The Morgan fingerprint density at radius 1 is 1.10 bits per heavy atom. The van der Waals surface area contributed by atoms with Crippen molar-refractivity contribution in [2.24, 2.45) is 0 Å². The first-order valence-corrected chi connectivity index (χ1v) is 6.69. The van der Waals surface area contributed by atoms with E-state index in [1.807, 2.05) is 30.3 Å². The lowest BCUT2D eigenvalue weighted by atomic mass is 10.1. The number of rotatable bonds is 5. The molecule has 2 aromatic carbocycles. The van der Waals surface area contributed by atoms with Crippen molar-refractivity contribution in [3.8, 4) is 5.75 Å². The molecule has 1 unspecified atom stereocenters. The molecule has 0 N–H and O–H groups in total. The molecule has 2 nitrogen and oxygen atoms in total. The van der Waals surface area contributed by atoms with E-state index in [2.05, 4.69) is 24.9 Å². The van der Waals surface area contributed by atoms with Gasteiger partial charge in [0.2, 0.25) is 0 Å². The van der Waals surface area contributed by atoms with Crippen LogP contribution in [-0.2, 0) is 6.54 Å². The Morgan fingerprint density at radius 2 is 1.75 bits per heavy atom. The third-order valence-electron chi connectivity index (χ3n) is 3.63. The third-order valence-corrected chi connectivity index (χ3v) is 3.63. The van der Waals surface area contributed by atoms with Gasteiger partial charge < -0.3 is 4.74 Å². The van der Waals surface area contributed by atoms with Crippen molar-refractivity contribution >= 4 is 0 Å². The lowest BCUT2D eigenvalue weighted by Crippen LogP contribution is -2.22. The SMILES string of the molecule is COc1ccccc1CN(C)C(C)c1ccc(F)cc1. The highest BCUT2D eigenvalue weighted by atomic mass is 19.1. The van der Waals surface area contributed by atoms with Gasteiger partial charge in [0.1, 0.15) is 11.6 Å². The average molecular weight is 273 g/mol. The molecule has 0 amide bonds. The first kappa shape index (κ1) is 14.5. The van der Waals surface area contributed by atoms with Gasteiger partial charge >= 0.3 is 0 Å². The second-order valence-electron chi connectivity index (χ2n) is 4.95. The lowest BCUT2D eigenvalue weighted by molar-refractivity contribution is 0.249. The minimum Gasteiger partial charge on any atom is -0.496 e. The minimum atomic E-state index is -0.201. The van der Waals surface area contributed by atoms with Gasteiger partial charge in [-0.05, 0) is 37.7 Å². The topological polar surface area (TPSA) is 12.5 Å². The number of para-hydroxylation sites is 1. The summed E-state index contributed by atoms with van der Waals surface area (Å²) in [5.41, 5.74) is 2.25. The zero-order valence-electron chi connectivity index (χ0n) is 12.1. The number of hydrogen-bond donors (Lipinski definition) is 0. The van der Waals surface area contributed by atoms with E-state index in [-0.39, 0.29) is 11.9 Å². The highest BCUT2D eigenvalue weighted by molar-refractivity contribution is 5.33. The first-order chi connectivity index (χ1) is 9.61. The number of ether oxygens (including phenoxy) is 1. The van der Waals surface area contributed by atoms with E-state index in [9.17, 15) is 4.39 Å². The van der Waals surface area contributed by atoms with Crippen LogP contribution in [-0.4, -0.2) is 19.1 Å². The molecule has 1 atom stereocenters. The van der Waals surface area contributed by atoms with Gasteiger partial charge in [0.05, 0.1) is 7.11 Å². The monoisotopic (exact) mass is 273 g/mol. The van der Waals surface area contributed by atoms with Crippen LogP contribution in [0, 0.1) is 5.82 Å². The largest absolute Gasteiger partial charge is 0.496 e. The Morgan fingerprint density at radius 3 is 2.40 bits per heavy atom. The van der Waals surface area contributed by atoms with Gasteiger partial charge in [-0.15, -0.1) is 0 Å². The number of nitrogens with zero attached hydrogens (tertiary/aromatic N) is 1. The predicted octanol–water partition coefficient (Wildman–Crippen LogP) is 4.03. The molecule has 0 aliphatic rings. The van der Waals surface area contributed by atoms with Crippen LogP contribution >= 0.6 is 0 Å². The Bertz CT molecular complexity index is 553. The normalized spacial score (nSPS) is 12.4. The highest BCUT2D eigenvalue weighted by Crippen LogP contribution is 2.24. The fourth-order valence-electron chi connectivity index (χ4n) is 2.23. The molecule has 2 rings (SSSR count). The van der Waals surface area contributed by atoms with E-state index >= 15 is 0 Å². The van der Waals surface area contributed by atoms with E-state index in [1.54, 1.807) is 7.11 Å². The number of hydrogen-bond acceptors (Lipinski definition) is 2. The van der Waals surface area contributed by atoms with Gasteiger partial charge in [-0.25, -0.2) is 4.39 Å². The minimum absolute atomic E-state index is 0.201. The van der Waals surface area contributed by atoms with Crippen LogP contribution < -0.4 is 4.74 Å². The summed E-state index contributed by atoms with van der Waals surface area (Å²) in [6.07, 6.45) is 0. The molecule has 0 aliphatic carbocycles. The van der Waals surface area contributed by atoms with E-state index in [0.29, 0.717) is 0 Å². The number of halogens is 1. The van der Waals surface area contributed by atoms with Gasteiger partial charge in [0.15, 0.2) is 0 Å². The fourth-order valence-corrected chi connectivity index (χ4v) is 2.23. The maximum absolute atomic E-state index is 13.0. The molecule has 3 heteroatoms. The smallest absolute Gasteiger partial charge is 0.123 e. The number of methoxy groups -OCH3 is 1. The highest BCUT2D eigenvalue weighted by Gasteiger charge is 2.13. The molecular weight excluding hydrogens is 253 g/mol. The second-order valence-corrected chi connectivity index (χ2v) is 4.95. The van der Waals surface area contributed by atoms with E-state index in [0.717, 1.165) is 23.4 Å². The molecule has 20 heavy (non-hydrogen) atoms. The molecule has 0 fully saturated rings. The predicted molar refractivity (Wildman–Crippen MR) is 79.3 cm³/mol. The van der Waals surface area contributed by atoms with Crippen LogP contribution in [0.5, 0.6) is 5.75 Å². The molecule has 0 radical (unpaired) electrons. The Kier molecular flexibility index (Phi) is 4.74. The van der Waals surface area contributed by atoms with E-state index in [4.69, 9.17) is 4.74 Å². The zero-order valence-corrected chi connectivity index (χ0v) is 12.1. The van der Waals surface area contributed by atoms with Crippen molar-refractivity contribution < 1.29 is 9.13 Å². The summed E-state index contributed by atoms with van der Waals surface area (Å²) >= 11 is 0. The lowest BCUT2D eigenvalue weighted by Gasteiger charge is -2.25. The maximum atomic E-state index is 13.0. The van der Waals surface area contributed by atoms with E-state index < -0.39 is 0 Å². The Labute approximate surface area is 119 Å². The van der Waals surface area contributed by atoms with Crippen molar-refractivity contribution in [1.29, 1.82) is 0 Å². The van der Waals surface area contributed by atoms with Crippen molar-refractivity contribution in [2.45, 2.75) is 19.5 Å². The first-order valence-electron chi connectivity index (χ1n) is 6.69. The summed E-state index contributed by atoms with van der Waals surface area (Å²) in [4.78, 5) is 2.21. The molecule has 0 heterocycles. The van der Waals surface area contributed by atoms with Gasteiger partial charge in [-0.2, -0.15) is 0 Å². The summed E-state index contributed by atoms with van der Waals surface area (Å²) in [5.74, 6) is 0.694. The summed E-state index contributed by atoms with van der Waals surface area (Å²) < 4.78 is 18.3. The van der Waals surface area contributed by atoms with Crippen molar-refractivity contribution in [2.75, 3.05) is 14.2 Å². The molecule has 106 valence electrons. The van der Waals surface area contributed by atoms with Crippen LogP contribution in [0.25, 0.3) is 0 Å². The van der Waals surface area contributed by atoms with Crippen molar-refractivity contribution in [3.63, 3.8) is 0 Å². The van der Waals surface area contributed by atoms with Crippen LogP contribution in [0.1, 0.15) is 24.1 Å². The second kappa shape index (κ2) is 6.53.